The lowest BCUT2D eigenvalue weighted by Crippen LogP contribution is -2.40. The number of esters is 1. The van der Waals surface area contributed by atoms with Crippen LogP contribution in [0.15, 0.2) is 64.5 Å². The average Bonchev–Trinajstić information content (AvgIpc) is 2.90. The topological polar surface area (TPSA) is 155 Å². The predicted octanol–water partition coefficient (Wildman–Crippen LogP) is 3.69. The Hall–Kier alpha value is -4.56. The highest BCUT2D eigenvalue weighted by Crippen LogP contribution is 2.51. The standard InChI is InChI=1S/C27H25N3O7S/c1-4-36-19-10-14(6-8-17(19)31)21-12-22(33)30-25(29)16(13-28)23(24(26(30)38-21)27(34)35-3)15-7-9-18(32)20(11-15)37-5-2/h6-12,23,31-32H,4-5,29H2,1-3H3. The number of allylic oxidation sites excluding steroid dienone is 1. The molecule has 0 aromatic heterocycles. The lowest BCUT2D eigenvalue weighted by atomic mass is 9.83. The number of ether oxygens (including phenoxy) is 3. The number of nitriles is 1. The number of amides is 1. The molecular weight excluding hydrogens is 510 g/mol. The first kappa shape index (κ1) is 26.5. The van der Waals surface area contributed by atoms with Crippen LogP contribution < -0.4 is 15.2 Å². The van der Waals surface area contributed by atoms with Gasteiger partial charge in [-0.2, -0.15) is 5.26 Å². The van der Waals surface area contributed by atoms with E-state index >= 15 is 0 Å². The van der Waals surface area contributed by atoms with Gasteiger partial charge in [-0.05, 0) is 55.3 Å². The second kappa shape index (κ2) is 10.8. The van der Waals surface area contributed by atoms with E-state index in [-0.39, 0.29) is 51.6 Å². The van der Waals surface area contributed by atoms with Gasteiger partial charge in [-0.25, -0.2) is 4.79 Å². The van der Waals surface area contributed by atoms with Gasteiger partial charge < -0.3 is 30.2 Å². The minimum atomic E-state index is -1.00. The van der Waals surface area contributed by atoms with Crippen molar-refractivity contribution in [3.05, 3.63) is 75.6 Å². The first-order valence-corrected chi connectivity index (χ1v) is 12.4. The molecular formula is C27H25N3O7S. The molecule has 4 rings (SSSR count). The van der Waals surface area contributed by atoms with E-state index in [9.17, 15) is 25.1 Å². The molecule has 0 radical (unpaired) electrons. The zero-order chi connectivity index (χ0) is 27.6. The summed E-state index contributed by atoms with van der Waals surface area (Å²) in [4.78, 5) is 28.1. The van der Waals surface area contributed by atoms with Gasteiger partial charge in [-0.1, -0.05) is 17.8 Å². The molecule has 2 aliphatic rings. The van der Waals surface area contributed by atoms with Crippen LogP contribution in [0.2, 0.25) is 0 Å². The number of aromatic hydroxyl groups is 2. The molecule has 1 amide bonds. The van der Waals surface area contributed by atoms with Crippen molar-refractivity contribution in [1.82, 2.24) is 4.90 Å². The van der Waals surface area contributed by atoms with Crippen LogP contribution in [0.1, 0.15) is 30.9 Å². The zero-order valence-corrected chi connectivity index (χ0v) is 21.7. The molecule has 0 bridgehead atoms. The lowest BCUT2D eigenvalue weighted by molar-refractivity contribution is -0.136. The number of phenolic OH excluding ortho intramolecular Hbond substituents is 2. The molecule has 4 N–H and O–H groups in total. The molecule has 38 heavy (non-hydrogen) atoms. The van der Waals surface area contributed by atoms with Crippen molar-refractivity contribution < 1.29 is 34.0 Å². The molecule has 2 aromatic rings. The summed E-state index contributed by atoms with van der Waals surface area (Å²) >= 11 is 1.09. The fourth-order valence-corrected chi connectivity index (χ4v) is 5.43. The van der Waals surface area contributed by atoms with Crippen molar-refractivity contribution >= 4 is 28.5 Å². The Labute approximate surface area is 223 Å². The Kier molecular flexibility index (Phi) is 7.55. The smallest absolute Gasteiger partial charge is 0.337 e. The summed E-state index contributed by atoms with van der Waals surface area (Å²) in [5, 5.41) is 30.5. The van der Waals surface area contributed by atoms with Gasteiger partial charge in [0, 0.05) is 11.0 Å². The Morgan fingerprint density at radius 3 is 2.34 bits per heavy atom. The molecule has 0 saturated carbocycles. The van der Waals surface area contributed by atoms with E-state index in [2.05, 4.69) is 0 Å². The minimum absolute atomic E-state index is 0.0270. The van der Waals surface area contributed by atoms with Crippen molar-refractivity contribution in [1.29, 1.82) is 5.26 Å². The second-order valence-electron chi connectivity index (χ2n) is 8.11. The third-order valence-corrected chi connectivity index (χ3v) is 7.07. The van der Waals surface area contributed by atoms with Gasteiger partial charge in [0.05, 0.1) is 43.5 Å². The van der Waals surface area contributed by atoms with Gasteiger partial charge in [0.15, 0.2) is 23.0 Å². The number of nitrogens with two attached hydrogens (primary N) is 1. The SMILES string of the molecule is CCOc1cc(C2=CC(=O)N3C(N)=C(C#N)C(c4ccc(O)c(OCC)c4)C(C(=O)OC)=C3S2)ccc1O. The van der Waals surface area contributed by atoms with Gasteiger partial charge >= 0.3 is 5.97 Å². The largest absolute Gasteiger partial charge is 0.504 e. The number of methoxy groups -OCH3 is 1. The highest BCUT2D eigenvalue weighted by molar-refractivity contribution is 8.11. The maximum atomic E-state index is 13.3. The first-order chi connectivity index (χ1) is 18.2. The van der Waals surface area contributed by atoms with Gasteiger partial charge in [-0.3, -0.25) is 9.69 Å². The molecule has 0 aliphatic carbocycles. The summed E-state index contributed by atoms with van der Waals surface area (Å²) in [6.45, 7) is 4.13. The number of benzene rings is 2. The molecule has 1 atom stereocenters. The molecule has 196 valence electrons. The number of hydrogen-bond acceptors (Lipinski definition) is 10. The second-order valence-corrected chi connectivity index (χ2v) is 9.14. The van der Waals surface area contributed by atoms with Crippen LogP contribution in [-0.2, 0) is 14.3 Å². The number of carbonyl (C=O) groups excluding carboxylic acids is 2. The number of fused-ring (bicyclic) bond motifs is 1. The molecule has 10 nitrogen and oxygen atoms in total. The third kappa shape index (κ3) is 4.62. The van der Waals surface area contributed by atoms with E-state index in [1.807, 2.05) is 6.07 Å². The Morgan fingerprint density at radius 1 is 1.11 bits per heavy atom. The van der Waals surface area contributed by atoms with Gasteiger partial charge in [0.1, 0.15) is 10.9 Å². The van der Waals surface area contributed by atoms with Crippen LogP contribution in [0.3, 0.4) is 0 Å². The van der Waals surface area contributed by atoms with E-state index in [1.54, 1.807) is 32.0 Å². The van der Waals surface area contributed by atoms with Crippen molar-refractivity contribution in [2.24, 2.45) is 5.73 Å². The van der Waals surface area contributed by atoms with E-state index in [4.69, 9.17) is 19.9 Å². The fraction of sp³-hybridized carbons (Fsp3) is 0.222. The number of hydrogen-bond donors (Lipinski definition) is 3. The molecule has 1 unspecified atom stereocenters. The number of phenols is 2. The molecule has 11 heteroatoms. The molecule has 0 saturated heterocycles. The molecule has 2 aliphatic heterocycles. The van der Waals surface area contributed by atoms with Gasteiger partial charge in [-0.15, -0.1) is 0 Å². The van der Waals surface area contributed by atoms with E-state index < -0.39 is 17.8 Å². The minimum Gasteiger partial charge on any atom is -0.504 e. The fourth-order valence-electron chi connectivity index (χ4n) is 4.23. The summed E-state index contributed by atoms with van der Waals surface area (Å²) in [7, 11) is 1.20. The van der Waals surface area contributed by atoms with Crippen LogP contribution in [0.25, 0.3) is 4.91 Å². The number of thioether (sulfide) groups is 1. The molecule has 0 spiro atoms. The maximum Gasteiger partial charge on any atom is 0.337 e. The van der Waals surface area contributed by atoms with Crippen LogP contribution in [0.4, 0.5) is 0 Å². The summed E-state index contributed by atoms with van der Waals surface area (Å²) < 4.78 is 16.1. The summed E-state index contributed by atoms with van der Waals surface area (Å²) in [6, 6.07) is 11.2. The zero-order valence-electron chi connectivity index (χ0n) is 20.8. The lowest BCUT2D eigenvalue weighted by Gasteiger charge is -2.37. The van der Waals surface area contributed by atoms with Crippen molar-refractivity contribution in [3.8, 4) is 29.1 Å². The number of nitrogens with zero attached hydrogens (tertiary/aromatic N) is 2. The third-order valence-electron chi connectivity index (χ3n) is 5.90. The molecule has 2 heterocycles. The quantitative estimate of drug-likeness (QED) is 0.447. The maximum absolute atomic E-state index is 13.3. The molecule has 2 aromatic carbocycles. The van der Waals surface area contributed by atoms with Crippen LogP contribution >= 0.6 is 11.8 Å². The number of carbonyl (C=O) groups is 2. The first-order valence-electron chi connectivity index (χ1n) is 11.6. The molecule has 0 fully saturated rings. The highest BCUT2D eigenvalue weighted by Gasteiger charge is 2.43. The summed E-state index contributed by atoms with van der Waals surface area (Å²) in [5.74, 6) is -2.21. The van der Waals surface area contributed by atoms with Crippen molar-refractivity contribution in [3.63, 3.8) is 0 Å². The average molecular weight is 536 g/mol. The highest BCUT2D eigenvalue weighted by atomic mass is 32.2. The van der Waals surface area contributed by atoms with E-state index in [0.717, 1.165) is 16.7 Å². The van der Waals surface area contributed by atoms with E-state index in [1.165, 1.54) is 31.4 Å². The Balaban J connectivity index is 1.93. The van der Waals surface area contributed by atoms with Crippen molar-refractivity contribution in [2.75, 3.05) is 20.3 Å². The summed E-state index contributed by atoms with van der Waals surface area (Å²) in [5.41, 5.74) is 7.36. The predicted molar refractivity (Wildman–Crippen MR) is 140 cm³/mol. The van der Waals surface area contributed by atoms with Gasteiger partial charge in [0.2, 0.25) is 0 Å². The van der Waals surface area contributed by atoms with Gasteiger partial charge in [0.25, 0.3) is 5.91 Å². The Bertz CT molecular complexity index is 1460. The number of rotatable bonds is 7. The van der Waals surface area contributed by atoms with Crippen LogP contribution in [-0.4, -0.2) is 47.3 Å². The van der Waals surface area contributed by atoms with Crippen LogP contribution in [0, 0.1) is 11.3 Å². The monoisotopic (exact) mass is 535 g/mol. The Morgan fingerprint density at radius 2 is 1.74 bits per heavy atom. The summed E-state index contributed by atoms with van der Waals surface area (Å²) in [6.07, 6.45) is 1.33. The van der Waals surface area contributed by atoms with Crippen LogP contribution in [0.5, 0.6) is 23.0 Å². The van der Waals surface area contributed by atoms with E-state index in [0.29, 0.717) is 22.6 Å². The van der Waals surface area contributed by atoms with Crippen molar-refractivity contribution in [2.45, 2.75) is 19.8 Å². The normalized spacial score (nSPS) is 17.0.